The molecule has 28 heavy (non-hydrogen) atoms. The number of aryl methyl sites for hydroxylation is 1. The molecule has 4 rings (SSSR count). The first kappa shape index (κ1) is 18.7. The molecule has 3 aromatic rings. The zero-order valence-corrected chi connectivity index (χ0v) is 16.9. The van der Waals surface area contributed by atoms with E-state index < -0.39 is 12.1 Å². The zero-order valence-electron chi connectivity index (χ0n) is 16.1. The van der Waals surface area contributed by atoms with Crippen LogP contribution >= 0.6 is 11.3 Å². The topological polar surface area (TPSA) is 81.3 Å². The van der Waals surface area contributed by atoms with Crippen molar-refractivity contribution in [3.8, 4) is 5.75 Å². The third-order valence-corrected chi connectivity index (χ3v) is 6.31. The Hall–Kier alpha value is -2.67. The number of carbonyl (C=O) groups excluding carboxylic acids is 1. The fourth-order valence-corrected chi connectivity index (χ4v) is 4.98. The number of fused-ring (bicyclic) bond motifs is 3. The number of esters is 1. The van der Waals surface area contributed by atoms with Gasteiger partial charge in [0.1, 0.15) is 10.6 Å². The molecule has 0 radical (unpaired) electrons. The number of thiophene rings is 1. The van der Waals surface area contributed by atoms with E-state index in [-0.39, 0.29) is 5.56 Å². The van der Waals surface area contributed by atoms with Crippen molar-refractivity contribution in [2.45, 2.75) is 39.2 Å². The van der Waals surface area contributed by atoms with Crippen molar-refractivity contribution >= 4 is 27.5 Å². The third kappa shape index (κ3) is 3.42. The van der Waals surface area contributed by atoms with Crippen LogP contribution in [0.4, 0.5) is 0 Å². The van der Waals surface area contributed by atoms with E-state index >= 15 is 0 Å². The average molecular weight is 398 g/mol. The van der Waals surface area contributed by atoms with Gasteiger partial charge in [-0.3, -0.25) is 4.79 Å². The molecule has 6 nitrogen and oxygen atoms in total. The number of carbonyl (C=O) groups is 1. The number of hydrogen-bond donors (Lipinski definition) is 1. The van der Waals surface area contributed by atoms with Gasteiger partial charge in [-0.1, -0.05) is 13.0 Å². The van der Waals surface area contributed by atoms with Crippen LogP contribution in [0.2, 0.25) is 0 Å². The molecule has 0 saturated carbocycles. The highest BCUT2D eigenvalue weighted by Gasteiger charge is 2.24. The normalized spacial score (nSPS) is 17.2. The van der Waals surface area contributed by atoms with Gasteiger partial charge in [0.2, 0.25) is 0 Å². The predicted octanol–water partition coefficient (Wildman–Crippen LogP) is 4.04. The molecule has 1 N–H and O–H groups in total. The second kappa shape index (κ2) is 7.39. The minimum absolute atomic E-state index is 0.156. The molecule has 0 aliphatic heterocycles. The lowest BCUT2D eigenvalue weighted by Crippen LogP contribution is -2.18. The molecule has 1 aliphatic rings. The predicted molar refractivity (Wildman–Crippen MR) is 108 cm³/mol. The number of nitrogens with one attached hydrogen (secondary N) is 1. The summed E-state index contributed by atoms with van der Waals surface area (Å²) in [4.78, 5) is 34.6. The van der Waals surface area contributed by atoms with Crippen LogP contribution in [0.3, 0.4) is 0 Å². The Morgan fingerprint density at radius 3 is 3.00 bits per heavy atom. The maximum atomic E-state index is 12.7. The van der Waals surface area contributed by atoms with Crippen LogP contribution in [0.15, 0.2) is 29.1 Å². The second-order valence-electron chi connectivity index (χ2n) is 7.26. The number of rotatable bonds is 4. The minimum Gasteiger partial charge on any atom is -0.497 e. The summed E-state index contributed by atoms with van der Waals surface area (Å²) in [6.07, 6.45) is 2.33. The summed E-state index contributed by atoms with van der Waals surface area (Å²) >= 11 is 1.58. The molecule has 0 spiro atoms. The van der Waals surface area contributed by atoms with Gasteiger partial charge in [-0.05, 0) is 55.9 Å². The number of hydrogen-bond acceptors (Lipinski definition) is 6. The van der Waals surface area contributed by atoms with E-state index in [0.717, 1.165) is 29.7 Å². The van der Waals surface area contributed by atoms with Gasteiger partial charge in [0.25, 0.3) is 5.56 Å². The molecule has 146 valence electrons. The van der Waals surface area contributed by atoms with Crippen LogP contribution in [0.5, 0.6) is 5.75 Å². The summed E-state index contributed by atoms with van der Waals surface area (Å²) < 4.78 is 10.7. The molecular formula is C21H22N2O4S. The maximum Gasteiger partial charge on any atom is 0.338 e. The minimum atomic E-state index is -0.672. The van der Waals surface area contributed by atoms with E-state index in [1.54, 1.807) is 49.6 Å². The van der Waals surface area contributed by atoms with Gasteiger partial charge in [-0.2, -0.15) is 0 Å². The van der Waals surface area contributed by atoms with E-state index in [1.165, 1.54) is 4.88 Å². The molecule has 7 heteroatoms. The lowest BCUT2D eigenvalue weighted by molar-refractivity contribution is 0.0319. The van der Waals surface area contributed by atoms with Crippen molar-refractivity contribution in [1.82, 2.24) is 9.97 Å². The Labute approximate surface area is 166 Å². The van der Waals surface area contributed by atoms with Crippen molar-refractivity contribution in [3.05, 3.63) is 56.4 Å². The summed E-state index contributed by atoms with van der Waals surface area (Å²) in [6.45, 7) is 3.94. The zero-order chi connectivity index (χ0) is 19.8. The van der Waals surface area contributed by atoms with E-state index in [0.29, 0.717) is 28.4 Å². The fourth-order valence-electron chi connectivity index (χ4n) is 3.59. The molecule has 2 aromatic heterocycles. The summed E-state index contributed by atoms with van der Waals surface area (Å²) in [6, 6.07) is 6.75. The van der Waals surface area contributed by atoms with Gasteiger partial charge in [0.15, 0.2) is 11.9 Å². The van der Waals surface area contributed by atoms with Gasteiger partial charge >= 0.3 is 5.97 Å². The monoisotopic (exact) mass is 398 g/mol. The highest BCUT2D eigenvalue weighted by molar-refractivity contribution is 7.18. The summed E-state index contributed by atoms with van der Waals surface area (Å²) in [7, 11) is 1.54. The summed E-state index contributed by atoms with van der Waals surface area (Å²) in [5.74, 6) is 1.07. The van der Waals surface area contributed by atoms with Crippen LogP contribution in [0, 0.1) is 5.92 Å². The van der Waals surface area contributed by atoms with Crippen LogP contribution in [0.25, 0.3) is 10.2 Å². The summed E-state index contributed by atoms with van der Waals surface area (Å²) in [5, 5.41) is 0.696. The Balaban J connectivity index is 1.61. The molecule has 0 fully saturated rings. The van der Waals surface area contributed by atoms with Gasteiger partial charge in [0.05, 0.1) is 18.1 Å². The number of aromatic amines is 1. The van der Waals surface area contributed by atoms with Crippen LogP contribution in [-0.4, -0.2) is 23.0 Å². The van der Waals surface area contributed by atoms with E-state index in [9.17, 15) is 9.59 Å². The first-order chi connectivity index (χ1) is 13.5. The van der Waals surface area contributed by atoms with Gasteiger partial charge in [-0.15, -0.1) is 11.3 Å². The number of nitrogens with zero attached hydrogens (tertiary/aromatic N) is 1. The molecule has 0 amide bonds. The maximum absolute atomic E-state index is 12.7. The van der Waals surface area contributed by atoms with E-state index in [4.69, 9.17) is 9.47 Å². The smallest absolute Gasteiger partial charge is 0.338 e. The highest BCUT2D eigenvalue weighted by atomic mass is 32.1. The SMILES string of the molecule is COc1cccc(C(=O)O[C@H](C)c2nc3sc4c(c3c(=O)[nH]2)CC[C@H](C)C4)c1. The van der Waals surface area contributed by atoms with Crippen molar-refractivity contribution in [1.29, 1.82) is 0 Å². The molecule has 1 aliphatic carbocycles. The largest absolute Gasteiger partial charge is 0.497 e. The molecule has 0 unspecified atom stereocenters. The van der Waals surface area contributed by atoms with Crippen LogP contribution < -0.4 is 10.3 Å². The second-order valence-corrected chi connectivity index (χ2v) is 8.35. The molecular weight excluding hydrogens is 376 g/mol. The molecule has 2 heterocycles. The van der Waals surface area contributed by atoms with Gasteiger partial charge < -0.3 is 14.5 Å². The van der Waals surface area contributed by atoms with Crippen molar-refractivity contribution < 1.29 is 14.3 Å². The van der Waals surface area contributed by atoms with Crippen molar-refractivity contribution in [2.24, 2.45) is 5.92 Å². The van der Waals surface area contributed by atoms with Crippen LogP contribution in [-0.2, 0) is 17.6 Å². The van der Waals surface area contributed by atoms with E-state index in [1.807, 2.05) is 0 Å². The standard InChI is InChI=1S/C21H22N2O4S/c1-11-7-8-15-16(9-11)28-20-17(15)19(24)22-18(23-20)12(2)27-21(25)13-5-4-6-14(10-13)26-3/h4-6,10-12H,7-9H2,1-3H3,(H,22,23,24)/t11-,12+/m0/s1. The number of aromatic nitrogens is 2. The quantitative estimate of drug-likeness (QED) is 0.671. The van der Waals surface area contributed by atoms with E-state index in [2.05, 4.69) is 16.9 Å². The van der Waals surface area contributed by atoms with Crippen LogP contribution in [0.1, 0.15) is 53.0 Å². The first-order valence-electron chi connectivity index (χ1n) is 9.35. The number of methoxy groups -OCH3 is 1. The molecule has 2 atom stereocenters. The summed E-state index contributed by atoms with van der Waals surface area (Å²) in [5.41, 5.74) is 1.37. The number of benzene rings is 1. The van der Waals surface area contributed by atoms with Crippen molar-refractivity contribution in [3.63, 3.8) is 0 Å². The first-order valence-corrected chi connectivity index (χ1v) is 10.2. The highest BCUT2D eigenvalue weighted by Crippen LogP contribution is 2.36. The Morgan fingerprint density at radius 2 is 2.21 bits per heavy atom. The lowest BCUT2D eigenvalue weighted by atomic mass is 9.89. The Morgan fingerprint density at radius 1 is 1.39 bits per heavy atom. The molecule has 1 aromatic carbocycles. The number of H-pyrrole nitrogens is 1. The van der Waals surface area contributed by atoms with Crippen molar-refractivity contribution in [2.75, 3.05) is 7.11 Å². The fraction of sp³-hybridized carbons (Fsp3) is 0.381. The average Bonchev–Trinajstić information content (AvgIpc) is 3.05. The van der Waals surface area contributed by atoms with Gasteiger partial charge in [-0.25, -0.2) is 9.78 Å². The lowest BCUT2D eigenvalue weighted by Gasteiger charge is -2.17. The third-order valence-electron chi connectivity index (χ3n) is 5.16. The number of ether oxygens (including phenoxy) is 2. The molecule has 0 bridgehead atoms. The Kier molecular flexibility index (Phi) is 4.93. The van der Waals surface area contributed by atoms with Gasteiger partial charge in [0, 0.05) is 4.88 Å². The Bertz CT molecular complexity index is 1100. The molecule has 0 saturated heterocycles.